The number of hydrogen-bond acceptors (Lipinski definition) is 3. The summed E-state index contributed by atoms with van der Waals surface area (Å²) in [6.45, 7) is 6.62. The summed E-state index contributed by atoms with van der Waals surface area (Å²) >= 11 is 0. The van der Waals surface area contributed by atoms with Crippen molar-refractivity contribution in [3.8, 4) is 0 Å². The fourth-order valence-electron chi connectivity index (χ4n) is 3.80. The molecule has 2 atom stereocenters. The SMILES string of the molecule is CC(C)C1CC(NCC2(N(C)C)CCCCC2)CCO1. The molecule has 2 rings (SSSR count). The van der Waals surface area contributed by atoms with Crippen LogP contribution in [0, 0.1) is 5.92 Å². The zero-order valence-corrected chi connectivity index (χ0v) is 14.0. The van der Waals surface area contributed by atoms with Crippen molar-refractivity contribution >= 4 is 0 Å². The standard InChI is InChI=1S/C17H34N2O/c1-14(2)16-12-15(8-11-20-16)18-13-17(19(3)4)9-6-5-7-10-17/h14-16,18H,5-13H2,1-4H3. The highest BCUT2D eigenvalue weighted by Gasteiger charge is 2.35. The molecule has 1 heterocycles. The Hall–Kier alpha value is -0.120. The second-order valence-corrected chi connectivity index (χ2v) is 7.43. The van der Waals surface area contributed by atoms with Gasteiger partial charge in [0.05, 0.1) is 6.10 Å². The van der Waals surface area contributed by atoms with Crippen molar-refractivity contribution in [1.29, 1.82) is 0 Å². The Morgan fingerprint density at radius 3 is 2.50 bits per heavy atom. The van der Waals surface area contributed by atoms with Crippen LogP contribution in [0.1, 0.15) is 58.8 Å². The molecule has 0 bridgehead atoms. The molecule has 1 saturated carbocycles. The predicted molar refractivity (Wildman–Crippen MR) is 85.1 cm³/mol. The summed E-state index contributed by atoms with van der Waals surface area (Å²) in [6, 6.07) is 0.648. The molecule has 3 heteroatoms. The van der Waals surface area contributed by atoms with Crippen molar-refractivity contribution in [1.82, 2.24) is 10.2 Å². The van der Waals surface area contributed by atoms with Crippen molar-refractivity contribution in [2.24, 2.45) is 5.92 Å². The molecule has 0 radical (unpaired) electrons. The summed E-state index contributed by atoms with van der Waals surface area (Å²) in [5, 5.41) is 3.88. The normalized spacial score (nSPS) is 30.9. The highest BCUT2D eigenvalue weighted by molar-refractivity contribution is 4.94. The number of nitrogens with one attached hydrogen (secondary N) is 1. The van der Waals surface area contributed by atoms with E-state index in [2.05, 4.69) is 38.2 Å². The van der Waals surface area contributed by atoms with E-state index in [-0.39, 0.29) is 0 Å². The van der Waals surface area contributed by atoms with Crippen molar-refractivity contribution in [2.75, 3.05) is 27.2 Å². The average Bonchev–Trinajstić information content (AvgIpc) is 2.46. The van der Waals surface area contributed by atoms with E-state index in [1.165, 1.54) is 44.9 Å². The van der Waals surface area contributed by atoms with Crippen LogP contribution in [0.25, 0.3) is 0 Å². The first-order valence-corrected chi connectivity index (χ1v) is 8.56. The molecule has 0 aromatic carbocycles. The van der Waals surface area contributed by atoms with Crippen LogP contribution in [-0.4, -0.2) is 49.8 Å². The number of likely N-dealkylation sites (N-methyl/N-ethyl adjacent to an activating group) is 1. The average molecular weight is 282 g/mol. The smallest absolute Gasteiger partial charge is 0.0612 e. The third-order valence-corrected chi connectivity index (χ3v) is 5.51. The molecule has 2 aliphatic rings. The van der Waals surface area contributed by atoms with E-state index in [1.54, 1.807) is 0 Å². The lowest BCUT2D eigenvalue weighted by molar-refractivity contribution is -0.0272. The van der Waals surface area contributed by atoms with Crippen LogP contribution in [-0.2, 0) is 4.74 Å². The Morgan fingerprint density at radius 1 is 1.20 bits per heavy atom. The molecule has 0 spiro atoms. The Kier molecular flexibility index (Phi) is 5.88. The summed E-state index contributed by atoms with van der Waals surface area (Å²) < 4.78 is 5.88. The monoisotopic (exact) mass is 282 g/mol. The minimum Gasteiger partial charge on any atom is -0.378 e. The van der Waals surface area contributed by atoms with E-state index in [1.807, 2.05) is 0 Å². The van der Waals surface area contributed by atoms with Gasteiger partial charge in [0, 0.05) is 24.7 Å². The molecule has 0 amide bonds. The van der Waals surface area contributed by atoms with Gasteiger partial charge in [-0.2, -0.15) is 0 Å². The van der Waals surface area contributed by atoms with Gasteiger partial charge in [0.1, 0.15) is 0 Å². The van der Waals surface area contributed by atoms with Crippen LogP contribution in [0.4, 0.5) is 0 Å². The molecular weight excluding hydrogens is 248 g/mol. The lowest BCUT2D eigenvalue weighted by Gasteiger charge is -2.44. The second-order valence-electron chi connectivity index (χ2n) is 7.43. The topological polar surface area (TPSA) is 24.5 Å². The maximum absolute atomic E-state index is 5.88. The Balaban J connectivity index is 1.86. The maximum atomic E-state index is 5.88. The summed E-state index contributed by atoms with van der Waals surface area (Å²) in [5.74, 6) is 0.636. The fraction of sp³-hybridized carbons (Fsp3) is 1.00. The van der Waals surface area contributed by atoms with E-state index >= 15 is 0 Å². The summed E-state index contributed by atoms with van der Waals surface area (Å²) in [5.41, 5.74) is 0.393. The van der Waals surface area contributed by atoms with Gasteiger partial charge in [0.25, 0.3) is 0 Å². The summed E-state index contributed by atoms with van der Waals surface area (Å²) in [7, 11) is 4.52. The first-order valence-electron chi connectivity index (χ1n) is 8.56. The lowest BCUT2D eigenvalue weighted by atomic mass is 9.80. The summed E-state index contributed by atoms with van der Waals surface area (Å²) in [4.78, 5) is 2.47. The molecule has 118 valence electrons. The summed E-state index contributed by atoms with van der Waals surface area (Å²) in [6.07, 6.45) is 9.71. The van der Waals surface area contributed by atoms with E-state index in [0.717, 1.165) is 13.2 Å². The first-order chi connectivity index (χ1) is 9.53. The highest BCUT2D eigenvalue weighted by Crippen LogP contribution is 2.32. The van der Waals surface area contributed by atoms with Gasteiger partial charge in [-0.15, -0.1) is 0 Å². The minimum absolute atomic E-state index is 0.393. The predicted octanol–water partition coefficient (Wildman–Crippen LogP) is 3.04. The van der Waals surface area contributed by atoms with Gasteiger partial charge in [-0.05, 0) is 45.7 Å². The van der Waals surface area contributed by atoms with Gasteiger partial charge in [-0.3, -0.25) is 0 Å². The molecule has 3 nitrogen and oxygen atoms in total. The molecule has 0 aromatic heterocycles. The quantitative estimate of drug-likeness (QED) is 0.839. The molecule has 1 aliphatic carbocycles. The van der Waals surface area contributed by atoms with Crippen molar-refractivity contribution in [3.63, 3.8) is 0 Å². The van der Waals surface area contributed by atoms with Crippen LogP contribution in [0.15, 0.2) is 0 Å². The molecule has 0 aromatic rings. The zero-order chi connectivity index (χ0) is 14.6. The van der Waals surface area contributed by atoms with Crippen LogP contribution >= 0.6 is 0 Å². The molecule has 2 unspecified atom stereocenters. The number of nitrogens with zero attached hydrogens (tertiary/aromatic N) is 1. The van der Waals surface area contributed by atoms with Gasteiger partial charge in [0.15, 0.2) is 0 Å². The Bertz CT molecular complexity index is 285. The fourth-order valence-corrected chi connectivity index (χ4v) is 3.80. The number of ether oxygens (including phenoxy) is 1. The van der Waals surface area contributed by atoms with Crippen molar-refractivity contribution in [2.45, 2.75) is 76.5 Å². The minimum atomic E-state index is 0.393. The molecule has 2 fully saturated rings. The van der Waals surface area contributed by atoms with E-state index in [0.29, 0.717) is 23.6 Å². The maximum Gasteiger partial charge on any atom is 0.0612 e. The third kappa shape index (κ3) is 3.96. The number of rotatable bonds is 5. The molecule has 1 N–H and O–H groups in total. The van der Waals surface area contributed by atoms with Gasteiger partial charge in [-0.25, -0.2) is 0 Å². The van der Waals surface area contributed by atoms with Crippen molar-refractivity contribution in [3.05, 3.63) is 0 Å². The first kappa shape index (κ1) is 16.3. The van der Waals surface area contributed by atoms with Crippen LogP contribution in [0.2, 0.25) is 0 Å². The van der Waals surface area contributed by atoms with E-state index in [9.17, 15) is 0 Å². The molecule has 1 aliphatic heterocycles. The van der Waals surface area contributed by atoms with Gasteiger partial charge in [0.2, 0.25) is 0 Å². The zero-order valence-electron chi connectivity index (χ0n) is 14.0. The molecule has 1 saturated heterocycles. The van der Waals surface area contributed by atoms with E-state index in [4.69, 9.17) is 4.74 Å². The molecule has 20 heavy (non-hydrogen) atoms. The van der Waals surface area contributed by atoms with Gasteiger partial charge >= 0.3 is 0 Å². The van der Waals surface area contributed by atoms with Gasteiger partial charge in [-0.1, -0.05) is 33.1 Å². The van der Waals surface area contributed by atoms with Crippen LogP contribution in [0.3, 0.4) is 0 Å². The van der Waals surface area contributed by atoms with Crippen LogP contribution in [0.5, 0.6) is 0 Å². The largest absolute Gasteiger partial charge is 0.378 e. The van der Waals surface area contributed by atoms with Gasteiger partial charge < -0.3 is 15.0 Å². The van der Waals surface area contributed by atoms with E-state index < -0.39 is 0 Å². The van der Waals surface area contributed by atoms with Crippen LogP contribution < -0.4 is 5.32 Å². The number of hydrogen-bond donors (Lipinski definition) is 1. The molecular formula is C17H34N2O. The third-order valence-electron chi connectivity index (χ3n) is 5.51. The van der Waals surface area contributed by atoms with Crippen molar-refractivity contribution < 1.29 is 4.74 Å². The Labute approximate surface area is 125 Å². The second kappa shape index (κ2) is 7.24. The lowest BCUT2D eigenvalue weighted by Crippen LogP contribution is -2.55. The Morgan fingerprint density at radius 2 is 1.90 bits per heavy atom. The highest BCUT2D eigenvalue weighted by atomic mass is 16.5.